The van der Waals surface area contributed by atoms with E-state index in [0.29, 0.717) is 0 Å². The quantitative estimate of drug-likeness (QED) is 0.184. The molecule has 0 radical (unpaired) electrons. The Hall–Kier alpha value is -2.30. The molecule has 1 saturated heterocycles. The first-order chi connectivity index (χ1) is 16.7. The van der Waals surface area contributed by atoms with E-state index < -0.39 is 59.0 Å². The van der Waals surface area contributed by atoms with Gasteiger partial charge in [-0.15, -0.1) is 5.10 Å². The van der Waals surface area contributed by atoms with Crippen molar-refractivity contribution in [1.29, 1.82) is 0 Å². The van der Waals surface area contributed by atoms with Crippen molar-refractivity contribution in [1.82, 2.24) is 25.0 Å². The molecular weight excluding hydrogens is 546 g/mol. The van der Waals surface area contributed by atoms with Crippen LogP contribution in [0, 0.1) is 5.82 Å². The van der Waals surface area contributed by atoms with E-state index in [9.17, 15) is 27.6 Å². The van der Waals surface area contributed by atoms with Crippen LogP contribution in [-0.2, 0) is 19.1 Å². The molecule has 0 spiro atoms. The number of sulfone groups is 1. The summed E-state index contributed by atoms with van der Waals surface area (Å²) in [5.74, 6) is -1.20. The fourth-order valence-corrected chi connectivity index (χ4v) is 7.16. The lowest BCUT2D eigenvalue weighted by Gasteiger charge is -2.16. The SMILES string of the molecule is C[C@H](Nc1nc(Cl)nc2c1nnn2[C@@H]1O[C@H](CS(=O)(=O)CP(=O)(O)O)[C@@H](O)[C@H]1O)c1ccc(F)cc1. The number of fused-ring (bicyclic) bond motifs is 1. The Morgan fingerprint density at radius 2 is 1.89 bits per heavy atom. The number of aliphatic hydroxyl groups is 2. The van der Waals surface area contributed by atoms with Crippen molar-refractivity contribution >= 4 is 46.0 Å². The Balaban J connectivity index is 1.61. The third-order valence-electron chi connectivity index (χ3n) is 5.38. The van der Waals surface area contributed by atoms with Gasteiger partial charge in [-0.25, -0.2) is 12.8 Å². The number of hydrogen-bond acceptors (Lipinski definition) is 11. The van der Waals surface area contributed by atoms with Gasteiger partial charge in [0.25, 0.3) is 0 Å². The van der Waals surface area contributed by atoms with Gasteiger partial charge in [-0.3, -0.25) is 4.57 Å². The lowest BCUT2D eigenvalue weighted by molar-refractivity contribution is -0.0375. The van der Waals surface area contributed by atoms with Crippen LogP contribution in [0.4, 0.5) is 10.2 Å². The predicted octanol–water partition coefficient (Wildman–Crippen LogP) is 0.356. The molecule has 14 nitrogen and oxygen atoms in total. The summed E-state index contributed by atoms with van der Waals surface area (Å²) in [6, 6.07) is 5.38. The molecule has 3 aromatic rings. The Bertz CT molecular complexity index is 1420. The van der Waals surface area contributed by atoms with Crippen LogP contribution in [0.3, 0.4) is 0 Å². The minimum Gasteiger partial charge on any atom is -0.387 e. The van der Waals surface area contributed by atoms with Gasteiger partial charge in [0.1, 0.15) is 24.1 Å². The van der Waals surface area contributed by atoms with Crippen LogP contribution in [0.2, 0.25) is 5.28 Å². The van der Waals surface area contributed by atoms with Gasteiger partial charge < -0.3 is 30.1 Å². The molecule has 1 aliphatic heterocycles. The lowest BCUT2D eigenvalue weighted by Crippen LogP contribution is -2.36. The van der Waals surface area contributed by atoms with Crippen molar-refractivity contribution in [3.05, 3.63) is 40.9 Å². The van der Waals surface area contributed by atoms with Crippen LogP contribution in [0.5, 0.6) is 0 Å². The smallest absolute Gasteiger partial charge is 0.340 e. The largest absolute Gasteiger partial charge is 0.387 e. The Kier molecular flexibility index (Phi) is 7.34. The zero-order valence-corrected chi connectivity index (χ0v) is 20.8. The fourth-order valence-electron chi connectivity index (χ4n) is 3.74. The van der Waals surface area contributed by atoms with Crippen LogP contribution < -0.4 is 5.32 Å². The topological polar surface area (TPSA) is 210 Å². The first-order valence-electron chi connectivity index (χ1n) is 10.3. The van der Waals surface area contributed by atoms with Crippen molar-refractivity contribution in [3.63, 3.8) is 0 Å². The normalized spacial score (nSPS) is 23.8. The molecular formula is C18H21ClFN6O8PS. The molecule has 1 fully saturated rings. The first-order valence-corrected chi connectivity index (χ1v) is 14.3. The minimum absolute atomic E-state index is 0.0150. The van der Waals surface area contributed by atoms with Gasteiger partial charge >= 0.3 is 7.60 Å². The molecule has 4 rings (SSSR count). The second-order valence-corrected chi connectivity index (χ2v) is 12.7. The molecule has 0 unspecified atom stereocenters. The lowest BCUT2D eigenvalue weighted by atomic mass is 10.1. The summed E-state index contributed by atoms with van der Waals surface area (Å²) in [4.78, 5) is 26.1. The van der Waals surface area contributed by atoms with E-state index in [-0.39, 0.29) is 28.3 Å². The molecule has 0 saturated carbocycles. The van der Waals surface area contributed by atoms with E-state index in [1.54, 1.807) is 19.1 Å². The van der Waals surface area contributed by atoms with Crippen LogP contribution in [0.15, 0.2) is 24.3 Å². The summed E-state index contributed by atoms with van der Waals surface area (Å²) in [6.07, 6.45) is -6.38. The average molecular weight is 567 g/mol. The monoisotopic (exact) mass is 566 g/mol. The van der Waals surface area contributed by atoms with E-state index in [2.05, 4.69) is 25.6 Å². The summed E-state index contributed by atoms with van der Waals surface area (Å²) >= 11 is 6.07. The van der Waals surface area contributed by atoms with Crippen molar-refractivity contribution in [2.24, 2.45) is 0 Å². The number of aromatic nitrogens is 5. The Labute approximate surface area is 208 Å². The van der Waals surface area contributed by atoms with E-state index in [1.165, 1.54) is 12.1 Å². The molecule has 2 aromatic heterocycles. The maximum atomic E-state index is 13.2. The number of aliphatic hydroxyl groups excluding tert-OH is 2. The molecule has 0 amide bonds. The molecule has 196 valence electrons. The van der Waals surface area contributed by atoms with E-state index in [1.807, 2.05) is 0 Å². The van der Waals surface area contributed by atoms with Gasteiger partial charge in [-0.05, 0) is 36.2 Å². The highest BCUT2D eigenvalue weighted by Crippen LogP contribution is 2.38. The van der Waals surface area contributed by atoms with Crippen molar-refractivity contribution in [3.8, 4) is 0 Å². The highest BCUT2D eigenvalue weighted by atomic mass is 35.5. The fraction of sp³-hybridized carbons (Fsp3) is 0.444. The number of ether oxygens (including phenoxy) is 1. The number of anilines is 1. The second kappa shape index (κ2) is 9.87. The summed E-state index contributed by atoms with van der Waals surface area (Å²) in [5.41, 5.74) is -0.623. The number of rotatable bonds is 8. The molecule has 0 aliphatic carbocycles. The third kappa shape index (κ3) is 5.81. The second-order valence-electron chi connectivity index (χ2n) is 8.22. The summed E-state index contributed by atoms with van der Waals surface area (Å²) < 4.78 is 55.1. The van der Waals surface area contributed by atoms with Crippen LogP contribution >= 0.6 is 19.2 Å². The Morgan fingerprint density at radius 1 is 1.22 bits per heavy atom. The molecule has 5 N–H and O–H groups in total. The van der Waals surface area contributed by atoms with Gasteiger partial charge in [-0.2, -0.15) is 14.6 Å². The van der Waals surface area contributed by atoms with Gasteiger partial charge in [0.2, 0.25) is 5.28 Å². The number of halogens is 2. The van der Waals surface area contributed by atoms with Crippen molar-refractivity contribution < 1.29 is 42.1 Å². The summed E-state index contributed by atoms with van der Waals surface area (Å²) in [5, 5.41) is 31.6. The molecule has 1 aliphatic rings. The maximum Gasteiger partial charge on any atom is 0.340 e. The standard InChI is InChI=1S/C18H21ClFN6O8PS/c1-8(9-2-4-10(20)5-3-9)21-15-12-16(23-18(19)22-15)26(25-24-12)17-14(28)13(27)11(34-17)6-36(32,33)7-35(29,30)31/h2-5,8,11,13-14,17,27-28H,6-7H2,1H3,(H,21,22,23)(H2,29,30,31)/t8-,11+,13+,14+,17+/m0/s1. The van der Waals surface area contributed by atoms with E-state index in [0.717, 1.165) is 10.2 Å². The van der Waals surface area contributed by atoms with E-state index >= 15 is 0 Å². The number of benzene rings is 1. The Morgan fingerprint density at radius 3 is 2.53 bits per heavy atom. The summed E-state index contributed by atoms with van der Waals surface area (Å²) in [6.45, 7) is 1.78. The highest BCUT2D eigenvalue weighted by molar-refractivity contribution is 7.97. The van der Waals surface area contributed by atoms with Crippen LogP contribution in [0.1, 0.15) is 24.8 Å². The van der Waals surface area contributed by atoms with E-state index in [4.69, 9.17) is 26.1 Å². The van der Waals surface area contributed by atoms with Crippen molar-refractivity contribution in [2.45, 2.75) is 37.5 Å². The zero-order valence-electron chi connectivity index (χ0n) is 18.4. The number of nitrogens with zero attached hydrogens (tertiary/aromatic N) is 5. The molecule has 1 aromatic carbocycles. The molecule has 3 heterocycles. The minimum atomic E-state index is -4.90. The molecule has 5 atom stereocenters. The van der Waals surface area contributed by atoms with Gasteiger partial charge in [0.15, 0.2) is 38.5 Å². The van der Waals surface area contributed by atoms with Gasteiger partial charge in [0.05, 0.1) is 11.8 Å². The summed E-state index contributed by atoms with van der Waals surface area (Å²) in [7, 11) is -9.25. The van der Waals surface area contributed by atoms with Gasteiger partial charge in [0, 0.05) is 0 Å². The molecule has 36 heavy (non-hydrogen) atoms. The van der Waals surface area contributed by atoms with Crippen LogP contribution in [0.25, 0.3) is 11.2 Å². The van der Waals surface area contributed by atoms with Crippen LogP contribution in [-0.4, -0.2) is 82.9 Å². The third-order valence-corrected chi connectivity index (χ3v) is 9.31. The first kappa shape index (κ1) is 26.8. The predicted molar refractivity (Wildman–Crippen MR) is 123 cm³/mol. The zero-order chi connectivity index (χ0) is 26.4. The number of nitrogens with one attached hydrogen (secondary N) is 1. The number of hydrogen-bond donors (Lipinski definition) is 5. The van der Waals surface area contributed by atoms with Gasteiger partial charge in [-0.1, -0.05) is 17.3 Å². The van der Waals surface area contributed by atoms with Crippen molar-refractivity contribution in [2.75, 3.05) is 16.6 Å². The maximum absolute atomic E-state index is 13.2. The molecule has 0 bridgehead atoms. The molecule has 18 heteroatoms. The average Bonchev–Trinajstić information content (AvgIpc) is 3.28. The highest BCUT2D eigenvalue weighted by Gasteiger charge is 2.47.